The first kappa shape index (κ1) is 27.0. The number of thiazole rings is 1. The van der Waals surface area contributed by atoms with Crippen LogP contribution in [0, 0.1) is 13.8 Å². The number of carbonyl (C=O) groups excluding carboxylic acids is 1. The molecule has 0 bridgehead atoms. The molecule has 0 fully saturated rings. The quantitative estimate of drug-likeness (QED) is 0.296. The second-order valence-corrected chi connectivity index (χ2v) is 9.83. The normalized spacial score (nSPS) is 13.7. The van der Waals surface area contributed by atoms with E-state index in [0.29, 0.717) is 22.7 Å². The van der Waals surface area contributed by atoms with E-state index in [1.165, 1.54) is 40.8 Å². The predicted octanol–water partition coefficient (Wildman–Crippen LogP) is 2.00. The van der Waals surface area contributed by atoms with E-state index in [9.17, 15) is 27.6 Å². The summed E-state index contributed by atoms with van der Waals surface area (Å²) in [6.45, 7) is 2.83. The fourth-order valence-corrected chi connectivity index (χ4v) is 5.10. The molecular formula is C23H22F3N9O4S. The van der Waals surface area contributed by atoms with E-state index in [4.69, 9.17) is 4.52 Å². The Labute approximate surface area is 227 Å². The number of aldehydes is 1. The van der Waals surface area contributed by atoms with E-state index in [-0.39, 0.29) is 48.5 Å². The summed E-state index contributed by atoms with van der Waals surface area (Å²) >= 11 is 1.20. The van der Waals surface area contributed by atoms with Crippen molar-refractivity contribution in [3.05, 3.63) is 61.5 Å². The Kier molecular flexibility index (Phi) is 6.91. The number of rotatable bonds is 8. The van der Waals surface area contributed by atoms with E-state index in [2.05, 4.69) is 30.7 Å². The highest BCUT2D eigenvalue weighted by Crippen LogP contribution is 2.33. The highest BCUT2D eigenvalue weighted by atomic mass is 32.1. The van der Waals surface area contributed by atoms with Gasteiger partial charge in [-0.1, -0.05) is 5.16 Å². The van der Waals surface area contributed by atoms with Crippen LogP contribution in [0.2, 0.25) is 0 Å². The second kappa shape index (κ2) is 10.2. The van der Waals surface area contributed by atoms with Crippen LogP contribution >= 0.6 is 11.3 Å². The van der Waals surface area contributed by atoms with Crippen molar-refractivity contribution in [1.82, 2.24) is 29.2 Å². The number of aromatic nitrogens is 6. The molecule has 1 aliphatic rings. The van der Waals surface area contributed by atoms with Gasteiger partial charge in [0.1, 0.15) is 40.4 Å². The summed E-state index contributed by atoms with van der Waals surface area (Å²) in [5.74, 6) is 1.09. The van der Waals surface area contributed by atoms with E-state index in [1.54, 1.807) is 12.3 Å². The van der Waals surface area contributed by atoms with E-state index < -0.39 is 29.2 Å². The van der Waals surface area contributed by atoms with E-state index >= 15 is 0 Å². The van der Waals surface area contributed by atoms with E-state index in [1.807, 2.05) is 0 Å². The van der Waals surface area contributed by atoms with Gasteiger partial charge in [-0.2, -0.15) is 18.2 Å². The molecule has 40 heavy (non-hydrogen) atoms. The molecule has 0 amide bonds. The van der Waals surface area contributed by atoms with Gasteiger partial charge in [0.25, 0.3) is 5.56 Å². The number of hydrogen-bond donors (Lipinski definition) is 2. The van der Waals surface area contributed by atoms with Crippen molar-refractivity contribution in [1.29, 1.82) is 0 Å². The molecule has 1 aliphatic heterocycles. The molecule has 0 aliphatic carbocycles. The molecule has 0 aromatic carbocycles. The zero-order chi connectivity index (χ0) is 28.8. The minimum absolute atomic E-state index is 0.0227. The standard InChI is InChI=1S/C23H22F3N9O4S/c1-11-4-13(5-28-18(11)23(24,25)26)20-31-16(9-40-20)27-6-14(8-36)35-10-29-19-17(35)21(37)34(22(38)33(19)3)7-15-30-12(2)39-32-15/h4-5,8-9,14,27,29H,6-7,10H2,1-3H3. The van der Waals surface area contributed by atoms with Crippen LogP contribution in [-0.4, -0.2) is 54.8 Å². The van der Waals surface area contributed by atoms with Gasteiger partial charge in [-0.15, -0.1) is 11.3 Å². The van der Waals surface area contributed by atoms with Crippen molar-refractivity contribution >= 4 is 34.9 Å². The molecule has 1 atom stereocenters. The number of alkyl halides is 3. The van der Waals surface area contributed by atoms with Gasteiger partial charge in [0, 0.05) is 37.7 Å². The van der Waals surface area contributed by atoms with Gasteiger partial charge in [-0.05, 0) is 18.6 Å². The lowest BCUT2D eigenvalue weighted by atomic mass is 10.1. The van der Waals surface area contributed by atoms with Gasteiger partial charge in [0.05, 0.1) is 13.2 Å². The number of aryl methyl sites for hydroxylation is 2. The zero-order valence-electron chi connectivity index (χ0n) is 21.3. The topological polar surface area (TPSA) is 153 Å². The minimum atomic E-state index is -4.55. The molecule has 4 aromatic heterocycles. The Hall–Kier alpha value is -4.54. The number of carbonyl (C=O) groups is 1. The summed E-state index contributed by atoms with van der Waals surface area (Å²) in [6.07, 6.45) is -2.77. The Balaban J connectivity index is 1.35. The molecular weight excluding hydrogens is 555 g/mol. The number of nitrogens with zero attached hydrogens (tertiary/aromatic N) is 7. The smallest absolute Gasteiger partial charge is 0.367 e. The summed E-state index contributed by atoms with van der Waals surface area (Å²) in [5, 5.41) is 11.9. The Morgan fingerprint density at radius 3 is 2.70 bits per heavy atom. The summed E-state index contributed by atoms with van der Waals surface area (Å²) in [5.41, 5.74) is -1.64. The van der Waals surface area contributed by atoms with Crippen LogP contribution in [-0.2, 0) is 24.6 Å². The summed E-state index contributed by atoms with van der Waals surface area (Å²) < 4.78 is 46.3. The van der Waals surface area contributed by atoms with Crippen LogP contribution in [0.5, 0.6) is 0 Å². The van der Waals surface area contributed by atoms with Crippen molar-refractivity contribution in [2.24, 2.45) is 7.05 Å². The SMILES string of the molecule is Cc1nc(Cn2c(=O)c3c(n(C)c2=O)NCN3C(C=O)CNc2csc(-c3cnc(C(F)(F)F)c(C)c3)n2)no1. The molecule has 2 N–H and O–H groups in total. The number of anilines is 3. The van der Waals surface area contributed by atoms with Gasteiger partial charge in [-0.3, -0.25) is 18.9 Å². The first-order chi connectivity index (χ1) is 19.0. The molecule has 5 heterocycles. The molecule has 0 spiro atoms. The number of pyridine rings is 1. The monoisotopic (exact) mass is 577 g/mol. The summed E-state index contributed by atoms with van der Waals surface area (Å²) in [4.78, 5) is 51.9. The first-order valence-corrected chi connectivity index (χ1v) is 12.7. The fourth-order valence-electron chi connectivity index (χ4n) is 4.34. The van der Waals surface area contributed by atoms with Crippen molar-refractivity contribution in [2.45, 2.75) is 32.6 Å². The summed E-state index contributed by atoms with van der Waals surface area (Å²) in [6, 6.07) is 0.532. The van der Waals surface area contributed by atoms with Crippen molar-refractivity contribution < 1.29 is 22.5 Å². The second-order valence-electron chi connectivity index (χ2n) is 8.97. The lowest BCUT2D eigenvalue weighted by Crippen LogP contribution is -2.46. The van der Waals surface area contributed by atoms with Crippen LogP contribution < -0.4 is 26.8 Å². The van der Waals surface area contributed by atoms with Crippen LogP contribution in [0.3, 0.4) is 0 Å². The van der Waals surface area contributed by atoms with Gasteiger partial charge in [-0.25, -0.2) is 9.78 Å². The zero-order valence-corrected chi connectivity index (χ0v) is 22.1. The molecule has 13 nitrogen and oxygen atoms in total. The maximum absolute atomic E-state index is 13.4. The van der Waals surface area contributed by atoms with Gasteiger partial charge in [0.2, 0.25) is 5.89 Å². The number of nitrogens with one attached hydrogen (secondary N) is 2. The van der Waals surface area contributed by atoms with Gasteiger partial charge < -0.3 is 24.9 Å². The van der Waals surface area contributed by atoms with Crippen LogP contribution in [0.1, 0.15) is 23.0 Å². The molecule has 0 saturated carbocycles. The molecule has 4 aromatic rings. The lowest BCUT2D eigenvalue weighted by molar-refractivity contribution is -0.141. The minimum Gasteiger partial charge on any atom is -0.367 e. The van der Waals surface area contributed by atoms with Crippen LogP contribution in [0.15, 0.2) is 31.8 Å². The number of hydrogen-bond acceptors (Lipinski definition) is 12. The highest BCUT2D eigenvalue weighted by Gasteiger charge is 2.35. The van der Waals surface area contributed by atoms with Crippen LogP contribution in [0.25, 0.3) is 10.6 Å². The summed E-state index contributed by atoms with van der Waals surface area (Å²) in [7, 11) is 1.50. The lowest BCUT2D eigenvalue weighted by Gasteiger charge is -2.24. The van der Waals surface area contributed by atoms with Gasteiger partial charge in [0.15, 0.2) is 5.82 Å². The van der Waals surface area contributed by atoms with Gasteiger partial charge >= 0.3 is 11.9 Å². The number of halogens is 3. The Morgan fingerprint density at radius 1 is 1.27 bits per heavy atom. The highest BCUT2D eigenvalue weighted by molar-refractivity contribution is 7.13. The number of fused-ring (bicyclic) bond motifs is 1. The van der Waals surface area contributed by atoms with Crippen molar-refractivity contribution in [3.8, 4) is 10.6 Å². The third-order valence-corrected chi connectivity index (χ3v) is 7.14. The molecule has 0 radical (unpaired) electrons. The Bertz CT molecular complexity index is 1710. The van der Waals surface area contributed by atoms with Crippen molar-refractivity contribution in [2.75, 3.05) is 28.7 Å². The van der Waals surface area contributed by atoms with Crippen molar-refractivity contribution in [3.63, 3.8) is 0 Å². The molecule has 17 heteroatoms. The van der Waals surface area contributed by atoms with Crippen LogP contribution in [0.4, 0.5) is 30.5 Å². The third kappa shape index (κ3) is 4.94. The maximum atomic E-state index is 13.4. The molecule has 5 rings (SSSR count). The first-order valence-electron chi connectivity index (χ1n) is 11.8. The average molecular weight is 578 g/mol. The molecule has 1 unspecified atom stereocenters. The maximum Gasteiger partial charge on any atom is 0.433 e. The fraction of sp³-hybridized carbons (Fsp3) is 0.348. The third-order valence-electron chi connectivity index (χ3n) is 6.25. The average Bonchev–Trinajstić information content (AvgIpc) is 3.65. The predicted molar refractivity (Wildman–Crippen MR) is 138 cm³/mol. The largest absolute Gasteiger partial charge is 0.433 e. The Morgan fingerprint density at radius 2 is 2.05 bits per heavy atom. The molecule has 0 saturated heterocycles. The van der Waals surface area contributed by atoms with E-state index in [0.717, 1.165) is 10.8 Å². The molecule has 210 valence electrons.